The minimum atomic E-state index is -4.01. The molecule has 0 radical (unpaired) electrons. The number of amides is 1. The smallest absolute Gasteiger partial charge is 0.258 e. The van der Waals surface area contributed by atoms with E-state index in [-0.39, 0.29) is 34.2 Å². The van der Waals surface area contributed by atoms with Crippen molar-refractivity contribution in [3.05, 3.63) is 21.6 Å². The maximum Gasteiger partial charge on any atom is 0.258 e. The van der Waals surface area contributed by atoms with Gasteiger partial charge in [-0.3, -0.25) is 4.79 Å². The zero-order valence-electron chi connectivity index (χ0n) is 10.2. The number of hydrogen-bond acceptors (Lipinski definition) is 4. The normalized spacial score (nSPS) is 14.9. The molecule has 0 saturated heterocycles. The fourth-order valence-electron chi connectivity index (χ4n) is 1.52. The highest BCUT2D eigenvalue weighted by Crippen LogP contribution is 2.34. The van der Waals surface area contributed by atoms with Gasteiger partial charge in [0.1, 0.15) is 4.90 Å². The van der Waals surface area contributed by atoms with Gasteiger partial charge in [-0.25, -0.2) is 13.6 Å². The highest BCUT2D eigenvalue weighted by atomic mass is 79.9. The van der Waals surface area contributed by atoms with Crippen LogP contribution in [-0.2, 0) is 14.8 Å². The molecule has 1 amide bonds. The summed E-state index contributed by atoms with van der Waals surface area (Å²) in [6, 6.07) is 2.93. The van der Waals surface area contributed by atoms with Crippen molar-refractivity contribution in [1.29, 1.82) is 0 Å². The van der Waals surface area contributed by atoms with Gasteiger partial charge in [0.05, 0.1) is 5.02 Å². The van der Waals surface area contributed by atoms with Crippen LogP contribution in [0.1, 0.15) is 12.8 Å². The minimum absolute atomic E-state index is 0.0580. The van der Waals surface area contributed by atoms with Crippen molar-refractivity contribution in [2.75, 3.05) is 6.61 Å². The van der Waals surface area contributed by atoms with Gasteiger partial charge in [-0.05, 0) is 25.0 Å². The average Bonchev–Trinajstić information content (AvgIpc) is 3.09. The molecule has 6 nitrogen and oxygen atoms in total. The van der Waals surface area contributed by atoms with Crippen molar-refractivity contribution < 1.29 is 17.9 Å². The number of nitrogens with one attached hydrogen (secondary N) is 1. The lowest BCUT2D eigenvalue weighted by Crippen LogP contribution is -2.30. The number of ether oxygens (including phenoxy) is 1. The number of benzene rings is 1. The molecule has 0 spiro atoms. The number of nitrogens with two attached hydrogens (primary N) is 1. The lowest BCUT2D eigenvalue weighted by molar-refractivity contribution is -0.123. The van der Waals surface area contributed by atoms with Crippen molar-refractivity contribution in [1.82, 2.24) is 5.32 Å². The van der Waals surface area contributed by atoms with Gasteiger partial charge in [-0.2, -0.15) is 0 Å². The molecule has 9 heteroatoms. The molecule has 3 N–H and O–H groups in total. The Morgan fingerprint density at radius 3 is 2.70 bits per heavy atom. The van der Waals surface area contributed by atoms with Crippen molar-refractivity contribution in [3.63, 3.8) is 0 Å². The van der Waals surface area contributed by atoms with E-state index in [0.29, 0.717) is 4.47 Å². The average molecular weight is 384 g/mol. The van der Waals surface area contributed by atoms with E-state index in [1.807, 2.05) is 0 Å². The minimum Gasteiger partial charge on any atom is -0.481 e. The first kappa shape index (κ1) is 15.6. The quantitative estimate of drug-likeness (QED) is 0.803. The second-order valence-electron chi connectivity index (χ2n) is 4.39. The first-order chi connectivity index (χ1) is 9.27. The molecule has 1 fully saturated rings. The van der Waals surface area contributed by atoms with Gasteiger partial charge in [0.15, 0.2) is 12.4 Å². The number of rotatable bonds is 5. The maximum absolute atomic E-state index is 11.5. The SMILES string of the molecule is NS(=O)(=O)c1cc(Br)cc(Cl)c1OCC(=O)NC1CC1. The predicted octanol–water partition coefficient (Wildman–Crippen LogP) is 1.41. The largest absolute Gasteiger partial charge is 0.481 e. The van der Waals surface area contributed by atoms with E-state index in [1.54, 1.807) is 0 Å². The summed E-state index contributed by atoms with van der Waals surface area (Å²) in [5.74, 6) is -0.449. The van der Waals surface area contributed by atoms with Crippen molar-refractivity contribution in [2.45, 2.75) is 23.8 Å². The van der Waals surface area contributed by atoms with Crippen molar-refractivity contribution in [2.24, 2.45) is 5.14 Å². The molecule has 1 saturated carbocycles. The van der Waals surface area contributed by atoms with Crippen LogP contribution in [0.4, 0.5) is 0 Å². The van der Waals surface area contributed by atoms with Crippen LogP contribution in [-0.4, -0.2) is 27.0 Å². The first-order valence-corrected chi connectivity index (χ1v) is 8.43. The van der Waals surface area contributed by atoms with E-state index in [9.17, 15) is 13.2 Å². The molecule has 1 aromatic carbocycles. The molecule has 20 heavy (non-hydrogen) atoms. The number of carbonyl (C=O) groups is 1. The topological polar surface area (TPSA) is 98.5 Å². The van der Waals surface area contributed by atoms with Crippen LogP contribution in [0.5, 0.6) is 5.75 Å². The number of hydrogen-bond donors (Lipinski definition) is 2. The van der Waals surface area contributed by atoms with Crippen LogP contribution >= 0.6 is 27.5 Å². The Hall–Kier alpha value is -0.830. The van der Waals surface area contributed by atoms with Crippen LogP contribution in [0.25, 0.3) is 0 Å². The zero-order chi connectivity index (χ0) is 14.9. The van der Waals surface area contributed by atoms with Crippen LogP contribution < -0.4 is 15.2 Å². The Labute approximate surface area is 129 Å². The van der Waals surface area contributed by atoms with Gasteiger partial charge in [0.25, 0.3) is 5.91 Å². The Bertz CT molecular complexity index is 646. The third kappa shape index (κ3) is 4.08. The van der Waals surface area contributed by atoms with E-state index in [4.69, 9.17) is 21.5 Å². The molecular formula is C11H12BrClN2O4S. The van der Waals surface area contributed by atoms with Gasteiger partial charge >= 0.3 is 0 Å². The second kappa shape index (κ2) is 5.88. The molecule has 0 aromatic heterocycles. The summed E-state index contributed by atoms with van der Waals surface area (Å²) in [6.07, 6.45) is 1.90. The molecule has 1 aliphatic carbocycles. The third-order valence-corrected chi connectivity index (χ3v) is 4.23. The van der Waals surface area contributed by atoms with Gasteiger partial charge in [-0.15, -0.1) is 0 Å². The van der Waals surface area contributed by atoms with Crippen molar-refractivity contribution >= 4 is 43.5 Å². The van der Waals surface area contributed by atoms with Crippen LogP contribution in [0, 0.1) is 0 Å². The number of carbonyl (C=O) groups excluding carboxylic acids is 1. The van der Waals surface area contributed by atoms with Crippen LogP contribution in [0.3, 0.4) is 0 Å². The molecule has 1 aromatic rings. The van der Waals surface area contributed by atoms with Gasteiger partial charge in [-0.1, -0.05) is 27.5 Å². The summed E-state index contributed by atoms with van der Waals surface area (Å²) in [4.78, 5) is 11.3. The van der Waals surface area contributed by atoms with E-state index in [1.165, 1.54) is 12.1 Å². The summed E-state index contributed by atoms with van der Waals surface area (Å²) >= 11 is 9.06. The number of primary sulfonamides is 1. The van der Waals surface area contributed by atoms with Crippen molar-refractivity contribution in [3.8, 4) is 5.75 Å². The molecule has 2 rings (SSSR count). The van der Waals surface area contributed by atoms with Gasteiger partial charge in [0, 0.05) is 10.5 Å². The van der Waals surface area contributed by atoms with Crippen LogP contribution in [0.15, 0.2) is 21.5 Å². The fraction of sp³-hybridized carbons (Fsp3) is 0.364. The monoisotopic (exact) mass is 382 g/mol. The Morgan fingerprint density at radius 1 is 1.50 bits per heavy atom. The lowest BCUT2D eigenvalue weighted by Gasteiger charge is -2.12. The summed E-state index contributed by atoms with van der Waals surface area (Å²) in [7, 11) is -4.01. The Kier molecular flexibility index (Phi) is 4.58. The summed E-state index contributed by atoms with van der Waals surface area (Å²) in [5, 5.41) is 7.88. The molecule has 0 atom stereocenters. The van der Waals surface area contributed by atoms with E-state index >= 15 is 0 Å². The molecular weight excluding hydrogens is 372 g/mol. The van der Waals surface area contributed by atoms with E-state index in [0.717, 1.165) is 12.8 Å². The van der Waals surface area contributed by atoms with Gasteiger partial charge in [0.2, 0.25) is 10.0 Å². The molecule has 0 aliphatic heterocycles. The Balaban J connectivity index is 2.19. The summed E-state index contributed by atoms with van der Waals surface area (Å²) in [5.41, 5.74) is 0. The fourth-order valence-corrected chi connectivity index (χ4v) is 3.31. The molecule has 0 heterocycles. The molecule has 1 aliphatic rings. The van der Waals surface area contributed by atoms with Crippen LogP contribution in [0.2, 0.25) is 5.02 Å². The lowest BCUT2D eigenvalue weighted by atomic mass is 10.3. The molecule has 110 valence electrons. The predicted molar refractivity (Wildman–Crippen MR) is 77.2 cm³/mol. The summed E-state index contributed by atoms with van der Waals surface area (Å²) in [6.45, 7) is -0.319. The van der Waals surface area contributed by atoms with Gasteiger partial charge < -0.3 is 10.1 Å². The standard InChI is InChI=1S/C11H12BrClN2O4S/c12-6-3-8(13)11(9(4-6)20(14,17)18)19-5-10(16)15-7-1-2-7/h3-4,7H,1-2,5H2,(H,15,16)(H2,14,17,18). The highest BCUT2D eigenvalue weighted by molar-refractivity contribution is 9.10. The summed E-state index contributed by atoms with van der Waals surface area (Å²) < 4.78 is 28.7. The highest BCUT2D eigenvalue weighted by Gasteiger charge is 2.24. The molecule has 0 unspecified atom stereocenters. The zero-order valence-corrected chi connectivity index (χ0v) is 13.4. The maximum atomic E-state index is 11.5. The van der Waals surface area contributed by atoms with E-state index in [2.05, 4.69) is 21.2 Å². The molecule has 0 bridgehead atoms. The first-order valence-electron chi connectivity index (χ1n) is 5.71. The number of sulfonamides is 1. The second-order valence-corrected chi connectivity index (χ2v) is 7.24. The number of halogens is 2. The Morgan fingerprint density at radius 2 is 2.15 bits per heavy atom. The third-order valence-electron chi connectivity index (χ3n) is 2.57. The van der Waals surface area contributed by atoms with E-state index < -0.39 is 10.0 Å².